The Hall–Kier alpha value is -3.37. The minimum Gasteiger partial charge on any atom is -0.489 e. The van der Waals surface area contributed by atoms with E-state index < -0.39 is 21.7 Å². The van der Waals surface area contributed by atoms with Gasteiger partial charge >= 0.3 is 6.09 Å². The number of benzene rings is 2. The topological polar surface area (TPSA) is 94.0 Å². The fourth-order valence-electron chi connectivity index (χ4n) is 4.55. The Bertz CT molecular complexity index is 1360. The van der Waals surface area contributed by atoms with Gasteiger partial charge in [-0.05, 0) is 81.9 Å². The lowest BCUT2D eigenvalue weighted by Crippen LogP contribution is -2.37. The van der Waals surface area contributed by atoms with Gasteiger partial charge in [-0.1, -0.05) is 50.2 Å². The summed E-state index contributed by atoms with van der Waals surface area (Å²) in [4.78, 5) is 21.2. The van der Waals surface area contributed by atoms with Crippen LogP contribution in [-0.2, 0) is 40.9 Å². The summed E-state index contributed by atoms with van der Waals surface area (Å²) in [6, 6.07) is 16.1. The van der Waals surface area contributed by atoms with Crippen LogP contribution in [0.25, 0.3) is 0 Å². The Labute approximate surface area is 251 Å². The van der Waals surface area contributed by atoms with Crippen molar-refractivity contribution in [2.75, 3.05) is 25.9 Å². The normalized spacial score (nSPS) is 12.0. The van der Waals surface area contributed by atoms with E-state index in [1.165, 1.54) is 35.7 Å². The SMILES string of the molecule is CCCN(CCC)CCc1ccc(OCc2ccc(CN(Cc3nccn3S(C)(=O)=O)C(=O)OC(C)(C)C)cc2)cc1. The lowest BCUT2D eigenvalue weighted by Gasteiger charge is -2.27. The Morgan fingerprint density at radius 3 is 2.05 bits per heavy atom. The van der Waals surface area contributed by atoms with Gasteiger partial charge in [0.15, 0.2) is 0 Å². The van der Waals surface area contributed by atoms with Crippen molar-refractivity contribution in [1.82, 2.24) is 18.8 Å². The van der Waals surface area contributed by atoms with E-state index in [0.717, 1.165) is 53.2 Å². The van der Waals surface area contributed by atoms with E-state index in [4.69, 9.17) is 9.47 Å². The van der Waals surface area contributed by atoms with E-state index in [9.17, 15) is 13.2 Å². The highest BCUT2D eigenvalue weighted by Gasteiger charge is 2.25. The number of nitrogens with zero attached hydrogens (tertiary/aromatic N) is 4. The third-order valence-electron chi connectivity index (χ3n) is 6.54. The van der Waals surface area contributed by atoms with E-state index in [2.05, 4.69) is 35.9 Å². The van der Waals surface area contributed by atoms with E-state index in [1.807, 2.05) is 36.4 Å². The van der Waals surface area contributed by atoms with Crippen LogP contribution in [0.1, 0.15) is 70.0 Å². The van der Waals surface area contributed by atoms with Crippen molar-refractivity contribution in [3.63, 3.8) is 0 Å². The van der Waals surface area contributed by atoms with Crippen LogP contribution in [0.3, 0.4) is 0 Å². The summed E-state index contributed by atoms with van der Waals surface area (Å²) < 4.78 is 37.0. The zero-order valence-corrected chi connectivity index (χ0v) is 26.7. The lowest BCUT2D eigenvalue weighted by atomic mass is 10.1. The number of ether oxygens (including phenoxy) is 2. The number of carbonyl (C=O) groups is 1. The monoisotopic (exact) mass is 598 g/mol. The summed E-state index contributed by atoms with van der Waals surface area (Å²) in [6.45, 7) is 13.8. The van der Waals surface area contributed by atoms with Gasteiger partial charge in [-0.15, -0.1) is 0 Å². The number of imidazole rings is 1. The van der Waals surface area contributed by atoms with Crippen molar-refractivity contribution in [2.24, 2.45) is 0 Å². The number of aromatic nitrogens is 2. The maximum atomic E-state index is 13.0. The predicted molar refractivity (Wildman–Crippen MR) is 166 cm³/mol. The van der Waals surface area contributed by atoms with Crippen LogP contribution in [0.15, 0.2) is 60.9 Å². The van der Waals surface area contributed by atoms with Gasteiger partial charge in [0.05, 0.1) is 12.8 Å². The van der Waals surface area contributed by atoms with Gasteiger partial charge in [0, 0.05) is 25.5 Å². The van der Waals surface area contributed by atoms with Gasteiger partial charge in [-0.2, -0.15) is 0 Å². The van der Waals surface area contributed by atoms with E-state index in [-0.39, 0.29) is 18.9 Å². The lowest BCUT2D eigenvalue weighted by molar-refractivity contribution is 0.0211. The molecule has 0 radical (unpaired) electrons. The minimum absolute atomic E-state index is 0.0227. The Morgan fingerprint density at radius 2 is 1.48 bits per heavy atom. The highest BCUT2D eigenvalue weighted by atomic mass is 32.2. The molecule has 3 rings (SSSR count). The minimum atomic E-state index is -3.56. The molecular formula is C32H46N4O5S. The molecule has 9 nitrogen and oxygen atoms in total. The molecule has 0 aliphatic carbocycles. The average Bonchev–Trinajstić information content (AvgIpc) is 3.40. The van der Waals surface area contributed by atoms with E-state index in [1.54, 1.807) is 20.8 Å². The molecule has 0 spiro atoms. The highest BCUT2D eigenvalue weighted by Crippen LogP contribution is 2.18. The van der Waals surface area contributed by atoms with Gasteiger partial charge in [0.1, 0.15) is 23.8 Å². The highest BCUT2D eigenvalue weighted by molar-refractivity contribution is 7.89. The number of rotatable bonds is 15. The standard InChI is InChI=1S/C32H46N4O5S/c1-7-19-34(20-8-2)21-17-26-13-15-29(16-14-26)40-25-28-11-9-27(10-12-28)23-35(31(37)41-32(3,4)5)24-30-33-18-22-36(30)42(6,38)39/h9-16,18,22H,7-8,17,19-21,23-25H2,1-6H3. The second kappa shape index (κ2) is 15.2. The van der Waals surface area contributed by atoms with Crippen LogP contribution < -0.4 is 4.74 Å². The Morgan fingerprint density at radius 1 is 0.881 bits per heavy atom. The number of amides is 1. The molecule has 0 aliphatic rings. The van der Waals surface area contributed by atoms with Crippen molar-refractivity contribution in [3.8, 4) is 5.75 Å². The quantitative estimate of drug-likeness (QED) is 0.216. The summed E-state index contributed by atoms with van der Waals surface area (Å²) in [6.07, 6.45) is 6.69. The molecule has 1 aromatic heterocycles. The molecule has 0 unspecified atom stereocenters. The second-order valence-corrected chi connectivity index (χ2v) is 13.4. The average molecular weight is 599 g/mol. The smallest absolute Gasteiger partial charge is 0.410 e. The zero-order valence-electron chi connectivity index (χ0n) is 25.9. The van der Waals surface area contributed by atoms with Gasteiger partial charge < -0.3 is 14.4 Å². The molecule has 0 saturated heterocycles. The predicted octanol–water partition coefficient (Wildman–Crippen LogP) is 5.87. The first-order valence-electron chi connectivity index (χ1n) is 14.6. The first-order valence-corrected chi connectivity index (χ1v) is 16.5. The molecule has 10 heteroatoms. The maximum Gasteiger partial charge on any atom is 0.410 e. The first kappa shape index (κ1) is 33.1. The van der Waals surface area contributed by atoms with Crippen LogP contribution >= 0.6 is 0 Å². The molecule has 0 fully saturated rings. The molecule has 0 saturated carbocycles. The van der Waals surface area contributed by atoms with E-state index >= 15 is 0 Å². The first-order chi connectivity index (χ1) is 19.9. The molecule has 3 aromatic rings. The Kier molecular flexibility index (Phi) is 12.0. The summed E-state index contributed by atoms with van der Waals surface area (Å²) in [5.74, 6) is 1.05. The number of carbonyl (C=O) groups excluding carboxylic acids is 1. The van der Waals surface area contributed by atoms with Gasteiger partial charge in [-0.25, -0.2) is 22.2 Å². The second-order valence-electron chi connectivity index (χ2n) is 11.6. The van der Waals surface area contributed by atoms with Crippen molar-refractivity contribution in [2.45, 2.75) is 79.2 Å². The van der Waals surface area contributed by atoms with Gasteiger partial charge in [0.25, 0.3) is 0 Å². The molecular weight excluding hydrogens is 552 g/mol. The van der Waals surface area contributed by atoms with Crippen LogP contribution in [0, 0.1) is 0 Å². The maximum absolute atomic E-state index is 13.0. The molecule has 0 N–H and O–H groups in total. The molecule has 0 bridgehead atoms. The van der Waals surface area contributed by atoms with Gasteiger partial charge in [0.2, 0.25) is 10.0 Å². The third kappa shape index (κ3) is 10.8. The summed E-state index contributed by atoms with van der Waals surface area (Å²) in [5, 5.41) is 0. The molecule has 0 atom stereocenters. The fourth-order valence-corrected chi connectivity index (χ4v) is 5.32. The van der Waals surface area contributed by atoms with Crippen molar-refractivity contribution < 1.29 is 22.7 Å². The van der Waals surface area contributed by atoms with Crippen LogP contribution in [0.2, 0.25) is 0 Å². The molecule has 42 heavy (non-hydrogen) atoms. The molecule has 230 valence electrons. The van der Waals surface area contributed by atoms with Crippen molar-refractivity contribution in [3.05, 3.63) is 83.4 Å². The van der Waals surface area contributed by atoms with Crippen LogP contribution in [0.4, 0.5) is 4.79 Å². The summed E-state index contributed by atoms with van der Waals surface area (Å²) in [7, 11) is -3.56. The Balaban J connectivity index is 1.60. The molecule has 1 heterocycles. The van der Waals surface area contributed by atoms with Crippen LogP contribution in [0.5, 0.6) is 5.75 Å². The van der Waals surface area contributed by atoms with E-state index in [0.29, 0.717) is 6.61 Å². The number of hydrogen-bond donors (Lipinski definition) is 0. The molecule has 2 aromatic carbocycles. The van der Waals surface area contributed by atoms with Gasteiger partial charge in [-0.3, -0.25) is 4.90 Å². The largest absolute Gasteiger partial charge is 0.489 e. The van der Waals surface area contributed by atoms with Crippen LogP contribution in [-0.4, -0.2) is 64.8 Å². The van der Waals surface area contributed by atoms with Crippen molar-refractivity contribution in [1.29, 1.82) is 0 Å². The third-order valence-corrected chi connectivity index (χ3v) is 7.59. The fraction of sp³-hybridized carbons (Fsp3) is 0.500. The zero-order chi connectivity index (χ0) is 30.8. The summed E-state index contributed by atoms with van der Waals surface area (Å²) >= 11 is 0. The molecule has 0 aliphatic heterocycles. The summed E-state index contributed by atoms with van der Waals surface area (Å²) in [5.41, 5.74) is 2.46. The number of hydrogen-bond acceptors (Lipinski definition) is 7. The molecule has 1 amide bonds. The van der Waals surface area contributed by atoms with Crippen molar-refractivity contribution >= 4 is 16.1 Å².